The lowest BCUT2D eigenvalue weighted by Crippen LogP contribution is -2.47. The predicted molar refractivity (Wildman–Crippen MR) is 84.3 cm³/mol. The van der Waals surface area contributed by atoms with Crippen molar-refractivity contribution in [2.24, 2.45) is 11.8 Å². The number of nitrogens with zero attached hydrogens (tertiary/aromatic N) is 1. The molecule has 4 heteroatoms. The third kappa shape index (κ3) is 3.27. The van der Waals surface area contributed by atoms with Crippen LogP contribution in [0.25, 0.3) is 0 Å². The number of hydrogen-bond acceptors (Lipinski definition) is 3. The Morgan fingerprint density at radius 1 is 1.30 bits per heavy atom. The van der Waals surface area contributed by atoms with Crippen molar-refractivity contribution in [3.8, 4) is 5.75 Å². The van der Waals surface area contributed by atoms with E-state index >= 15 is 0 Å². The molecule has 2 N–H and O–H groups in total. The Kier molecular flexibility index (Phi) is 5.87. The van der Waals surface area contributed by atoms with E-state index in [0.717, 1.165) is 24.9 Å². The van der Waals surface area contributed by atoms with Gasteiger partial charge in [-0.2, -0.15) is 0 Å². The van der Waals surface area contributed by atoms with Crippen LogP contribution >= 0.6 is 12.4 Å². The second-order valence-corrected chi connectivity index (χ2v) is 6.17. The molecule has 1 aliphatic carbocycles. The van der Waals surface area contributed by atoms with Crippen molar-refractivity contribution in [3.63, 3.8) is 0 Å². The minimum absolute atomic E-state index is 0. The molecule has 3 atom stereocenters. The fourth-order valence-electron chi connectivity index (χ4n) is 3.46. The predicted octanol–water partition coefficient (Wildman–Crippen LogP) is 3.00. The maximum atomic E-state index is 11.3. The summed E-state index contributed by atoms with van der Waals surface area (Å²) in [7, 11) is 4.09. The molecule has 0 bridgehead atoms. The normalized spacial score (nSPS) is 30.1. The number of aliphatic hydroxyl groups is 1. The van der Waals surface area contributed by atoms with Gasteiger partial charge in [-0.05, 0) is 50.6 Å². The second-order valence-electron chi connectivity index (χ2n) is 6.17. The number of hydrogen-bond donors (Lipinski definition) is 2. The zero-order valence-electron chi connectivity index (χ0n) is 12.5. The van der Waals surface area contributed by atoms with E-state index in [4.69, 9.17) is 0 Å². The van der Waals surface area contributed by atoms with Gasteiger partial charge in [0, 0.05) is 12.5 Å². The van der Waals surface area contributed by atoms with Gasteiger partial charge >= 0.3 is 0 Å². The first kappa shape index (κ1) is 17.3. The quantitative estimate of drug-likeness (QED) is 0.902. The molecule has 3 unspecified atom stereocenters. The summed E-state index contributed by atoms with van der Waals surface area (Å²) in [5.74, 6) is 0.661. The van der Waals surface area contributed by atoms with Crippen LogP contribution in [0.5, 0.6) is 5.75 Å². The van der Waals surface area contributed by atoms with Gasteiger partial charge in [0.05, 0.1) is 5.60 Å². The SMILES string of the molecule is CC1CCCC(CN(C)C)C1(O)c1cccc(O)c1.Cl. The van der Waals surface area contributed by atoms with Crippen LogP contribution in [-0.4, -0.2) is 35.8 Å². The molecule has 20 heavy (non-hydrogen) atoms. The maximum Gasteiger partial charge on any atom is 0.115 e. The van der Waals surface area contributed by atoms with Gasteiger partial charge in [-0.25, -0.2) is 0 Å². The number of rotatable bonds is 3. The molecule has 1 aromatic rings. The molecule has 3 nitrogen and oxygen atoms in total. The van der Waals surface area contributed by atoms with Crippen molar-refractivity contribution in [3.05, 3.63) is 29.8 Å². The van der Waals surface area contributed by atoms with E-state index in [1.807, 2.05) is 26.2 Å². The molecule has 1 aromatic carbocycles. The van der Waals surface area contributed by atoms with E-state index in [1.54, 1.807) is 12.1 Å². The lowest BCUT2D eigenvalue weighted by molar-refractivity contribution is -0.102. The first-order valence-electron chi connectivity index (χ1n) is 7.11. The lowest BCUT2D eigenvalue weighted by Gasteiger charge is -2.46. The molecule has 0 heterocycles. The monoisotopic (exact) mass is 299 g/mol. The number of halogens is 1. The molecule has 0 radical (unpaired) electrons. The molecule has 2 rings (SSSR count). The minimum atomic E-state index is -0.832. The zero-order chi connectivity index (χ0) is 14.0. The molecule has 1 saturated carbocycles. The van der Waals surface area contributed by atoms with E-state index in [-0.39, 0.29) is 30.0 Å². The van der Waals surface area contributed by atoms with Crippen LogP contribution in [-0.2, 0) is 5.60 Å². The Balaban J connectivity index is 0.00000200. The van der Waals surface area contributed by atoms with Crippen molar-refractivity contribution in [1.82, 2.24) is 4.90 Å². The lowest BCUT2D eigenvalue weighted by atomic mass is 9.65. The highest BCUT2D eigenvalue weighted by molar-refractivity contribution is 5.85. The Morgan fingerprint density at radius 2 is 2.00 bits per heavy atom. The van der Waals surface area contributed by atoms with Crippen molar-refractivity contribution in [2.45, 2.75) is 31.8 Å². The molecular formula is C16H26ClNO2. The van der Waals surface area contributed by atoms with Crippen LogP contribution < -0.4 is 0 Å². The van der Waals surface area contributed by atoms with Gasteiger partial charge in [0.2, 0.25) is 0 Å². The summed E-state index contributed by atoms with van der Waals surface area (Å²) in [6, 6.07) is 7.12. The topological polar surface area (TPSA) is 43.7 Å². The Morgan fingerprint density at radius 3 is 2.60 bits per heavy atom. The van der Waals surface area contributed by atoms with Crippen molar-refractivity contribution >= 4 is 12.4 Å². The largest absolute Gasteiger partial charge is 0.508 e. The van der Waals surface area contributed by atoms with Crippen molar-refractivity contribution in [1.29, 1.82) is 0 Å². The third-order valence-electron chi connectivity index (χ3n) is 4.46. The molecular weight excluding hydrogens is 274 g/mol. The molecule has 0 aliphatic heterocycles. The molecule has 114 valence electrons. The highest BCUT2D eigenvalue weighted by Crippen LogP contribution is 2.46. The summed E-state index contributed by atoms with van der Waals surface area (Å²) >= 11 is 0. The van der Waals surface area contributed by atoms with Crippen molar-refractivity contribution < 1.29 is 10.2 Å². The highest BCUT2D eigenvalue weighted by atomic mass is 35.5. The summed E-state index contributed by atoms with van der Waals surface area (Å²) in [5, 5.41) is 21.0. The number of phenolic OH excluding ortho intramolecular Hbond substituents is 1. The standard InChI is InChI=1S/C16H25NO2.ClH/c1-12-6-4-8-14(11-17(2)3)16(12,19)13-7-5-9-15(18)10-13;/h5,7,9-10,12,14,18-19H,4,6,8,11H2,1-3H3;1H. The fourth-order valence-corrected chi connectivity index (χ4v) is 3.46. The van der Waals surface area contributed by atoms with Gasteiger partial charge in [-0.15, -0.1) is 12.4 Å². The first-order chi connectivity index (χ1) is 8.94. The van der Waals surface area contributed by atoms with Gasteiger partial charge in [-0.3, -0.25) is 0 Å². The number of aromatic hydroxyl groups is 1. The number of benzene rings is 1. The van der Waals surface area contributed by atoms with Gasteiger partial charge in [0.15, 0.2) is 0 Å². The molecule has 1 aliphatic rings. The summed E-state index contributed by atoms with van der Waals surface area (Å²) in [4.78, 5) is 2.14. The third-order valence-corrected chi connectivity index (χ3v) is 4.46. The first-order valence-corrected chi connectivity index (χ1v) is 7.11. The molecule has 0 spiro atoms. The van der Waals surface area contributed by atoms with Crippen molar-refractivity contribution in [2.75, 3.05) is 20.6 Å². The smallest absolute Gasteiger partial charge is 0.115 e. The van der Waals surface area contributed by atoms with Crippen LogP contribution in [0.4, 0.5) is 0 Å². The Labute approximate surface area is 128 Å². The average Bonchev–Trinajstić information content (AvgIpc) is 2.34. The van der Waals surface area contributed by atoms with Gasteiger partial charge < -0.3 is 15.1 Å². The zero-order valence-corrected chi connectivity index (χ0v) is 13.4. The van der Waals surface area contributed by atoms with E-state index in [9.17, 15) is 10.2 Å². The molecule has 0 amide bonds. The van der Waals surface area contributed by atoms with E-state index in [1.165, 1.54) is 6.42 Å². The van der Waals surface area contributed by atoms with Gasteiger partial charge in [0.1, 0.15) is 5.75 Å². The second kappa shape index (κ2) is 6.79. The molecule has 1 fully saturated rings. The highest BCUT2D eigenvalue weighted by Gasteiger charge is 2.45. The van der Waals surface area contributed by atoms with Crippen LogP contribution in [0.2, 0.25) is 0 Å². The van der Waals surface area contributed by atoms with Gasteiger partial charge in [-0.1, -0.05) is 25.5 Å². The summed E-state index contributed by atoms with van der Waals surface area (Å²) in [5.41, 5.74) is 0.0212. The molecule has 0 saturated heterocycles. The Hall–Kier alpha value is -0.770. The average molecular weight is 300 g/mol. The summed E-state index contributed by atoms with van der Waals surface area (Å²) in [6.07, 6.45) is 3.24. The Bertz CT molecular complexity index is 438. The van der Waals surface area contributed by atoms with E-state index in [2.05, 4.69) is 11.8 Å². The van der Waals surface area contributed by atoms with E-state index in [0.29, 0.717) is 0 Å². The maximum absolute atomic E-state index is 11.3. The van der Waals surface area contributed by atoms with E-state index < -0.39 is 5.60 Å². The summed E-state index contributed by atoms with van der Waals surface area (Å²) < 4.78 is 0. The fraction of sp³-hybridized carbons (Fsp3) is 0.625. The minimum Gasteiger partial charge on any atom is -0.508 e. The van der Waals surface area contributed by atoms with Crippen LogP contribution in [0.3, 0.4) is 0 Å². The van der Waals surface area contributed by atoms with Crippen LogP contribution in [0.1, 0.15) is 31.7 Å². The van der Waals surface area contributed by atoms with Crippen LogP contribution in [0.15, 0.2) is 24.3 Å². The van der Waals surface area contributed by atoms with Crippen LogP contribution in [0, 0.1) is 11.8 Å². The van der Waals surface area contributed by atoms with Gasteiger partial charge in [0.25, 0.3) is 0 Å². The number of phenols is 1. The summed E-state index contributed by atoms with van der Waals surface area (Å²) in [6.45, 7) is 2.99. The molecule has 0 aromatic heterocycles.